The molecule has 0 N–H and O–H groups in total. The molecule has 0 aromatic carbocycles. The summed E-state index contributed by atoms with van der Waals surface area (Å²) in [6, 6.07) is 8.72. The number of piperazine rings is 1. The van der Waals surface area contributed by atoms with Crippen molar-refractivity contribution in [2.24, 2.45) is 0 Å². The largest absolute Gasteiger partial charge is 0.301 e. The van der Waals surface area contributed by atoms with Crippen LogP contribution in [0.2, 0.25) is 0 Å². The molecule has 4 heteroatoms. The first kappa shape index (κ1) is 14.0. The van der Waals surface area contributed by atoms with Gasteiger partial charge in [-0.25, -0.2) is 0 Å². The van der Waals surface area contributed by atoms with Crippen LogP contribution in [0.4, 0.5) is 0 Å². The Morgan fingerprint density at radius 1 is 1.32 bits per heavy atom. The van der Waals surface area contributed by atoms with Crippen LogP contribution in [0.5, 0.6) is 0 Å². The summed E-state index contributed by atoms with van der Waals surface area (Å²) in [5.74, 6) is 0. The standard InChI is InChI=1S/C15H22N4/c1-14(15-6-2-4-8-17-15)19-12-10-18(11-13-19)9-5-3-7-16/h2,4,6,8,14H,3,5,9-13H2,1H3/t14-/m0/s1. The number of unbranched alkanes of at least 4 members (excludes halogenated alkanes) is 1. The van der Waals surface area contributed by atoms with Gasteiger partial charge in [-0.15, -0.1) is 0 Å². The second kappa shape index (κ2) is 7.22. The lowest BCUT2D eigenvalue weighted by atomic mass is 10.1. The highest BCUT2D eigenvalue weighted by Gasteiger charge is 2.22. The Kier molecular flexibility index (Phi) is 5.31. The van der Waals surface area contributed by atoms with Gasteiger partial charge in [0.25, 0.3) is 0 Å². The first-order chi connectivity index (χ1) is 9.31. The van der Waals surface area contributed by atoms with E-state index in [9.17, 15) is 0 Å². The van der Waals surface area contributed by atoms with Crippen LogP contribution in [-0.4, -0.2) is 47.5 Å². The lowest BCUT2D eigenvalue weighted by Gasteiger charge is -2.37. The molecule has 1 aromatic rings. The van der Waals surface area contributed by atoms with Gasteiger partial charge in [-0.3, -0.25) is 9.88 Å². The number of hydrogen-bond donors (Lipinski definition) is 0. The molecule has 1 fully saturated rings. The van der Waals surface area contributed by atoms with Gasteiger partial charge in [0, 0.05) is 44.8 Å². The number of rotatable bonds is 5. The minimum absolute atomic E-state index is 0.391. The van der Waals surface area contributed by atoms with Crippen LogP contribution in [0.25, 0.3) is 0 Å². The lowest BCUT2D eigenvalue weighted by Crippen LogP contribution is -2.47. The Labute approximate surface area is 115 Å². The van der Waals surface area contributed by atoms with Crippen LogP contribution in [0.1, 0.15) is 31.5 Å². The van der Waals surface area contributed by atoms with Gasteiger partial charge in [-0.05, 0) is 32.0 Å². The number of nitrogens with zero attached hydrogens (tertiary/aromatic N) is 4. The van der Waals surface area contributed by atoms with E-state index in [1.165, 1.54) is 0 Å². The maximum absolute atomic E-state index is 8.55. The molecule has 2 heterocycles. The van der Waals surface area contributed by atoms with Gasteiger partial charge in [0.1, 0.15) is 0 Å². The van der Waals surface area contributed by atoms with Crippen molar-refractivity contribution in [2.45, 2.75) is 25.8 Å². The van der Waals surface area contributed by atoms with Crippen molar-refractivity contribution in [2.75, 3.05) is 32.7 Å². The predicted octanol–water partition coefficient (Wildman–Crippen LogP) is 2.06. The zero-order chi connectivity index (χ0) is 13.5. The maximum Gasteiger partial charge on any atom is 0.0622 e. The number of hydrogen-bond acceptors (Lipinski definition) is 4. The Morgan fingerprint density at radius 3 is 2.74 bits per heavy atom. The highest BCUT2D eigenvalue weighted by molar-refractivity contribution is 5.08. The quantitative estimate of drug-likeness (QED) is 0.758. The van der Waals surface area contributed by atoms with Crippen LogP contribution in [0.15, 0.2) is 24.4 Å². The van der Waals surface area contributed by atoms with E-state index in [0.717, 1.165) is 44.8 Å². The normalized spacial score (nSPS) is 18.9. The molecule has 1 atom stereocenters. The molecule has 102 valence electrons. The summed E-state index contributed by atoms with van der Waals surface area (Å²) in [7, 11) is 0. The van der Waals surface area contributed by atoms with Gasteiger partial charge >= 0.3 is 0 Å². The average Bonchev–Trinajstić information content (AvgIpc) is 2.48. The van der Waals surface area contributed by atoms with Gasteiger partial charge in [-0.2, -0.15) is 5.26 Å². The van der Waals surface area contributed by atoms with Gasteiger partial charge in [0.05, 0.1) is 11.8 Å². The third kappa shape index (κ3) is 4.02. The average molecular weight is 258 g/mol. The molecule has 1 aliphatic rings. The van der Waals surface area contributed by atoms with Crippen molar-refractivity contribution in [3.63, 3.8) is 0 Å². The molecule has 2 rings (SSSR count). The summed E-state index contributed by atoms with van der Waals surface area (Å²) >= 11 is 0. The molecule has 1 aliphatic heterocycles. The SMILES string of the molecule is C[C@@H](c1ccccn1)N1CCN(CCCC#N)CC1. The van der Waals surface area contributed by atoms with Gasteiger partial charge in [0.15, 0.2) is 0 Å². The van der Waals surface area contributed by atoms with Crippen molar-refractivity contribution >= 4 is 0 Å². The van der Waals surface area contributed by atoms with E-state index in [2.05, 4.69) is 39.9 Å². The molecule has 1 saturated heterocycles. The van der Waals surface area contributed by atoms with Crippen molar-refractivity contribution in [1.82, 2.24) is 14.8 Å². The van der Waals surface area contributed by atoms with Gasteiger partial charge < -0.3 is 4.90 Å². The highest BCUT2D eigenvalue weighted by atomic mass is 15.3. The molecule has 19 heavy (non-hydrogen) atoms. The van der Waals surface area contributed by atoms with Crippen LogP contribution >= 0.6 is 0 Å². The van der Waals surface area contributed by atoms with E-state index in [-0.39, 0.29) is 0 Å². The van der Waals surface area contributed by atoms with E-state index >= 15 is 0 Å². The number of aromatic nitrogens is 1. The van der Waals surface area contributed by atoms with Gasteiger partial charge in [0.2, 0.25) is 0 Å². The maximum atomic E-state index is 8.55. The molecule has 0 unspecified atom stereocenters. The molecule has 0 bridgehead atoms. The van der Waals surface area contributed by atoms with Crippen LogP contribution in [0, 0.1) is 11.3 Å². The van der Waals surface area contributed by atoms with E-state index < -0.39 is 0 Å². The zero-order valence-corrected chi connectivity index (χ0v) is 11.6. The minimum atomic E-state index is 0.391. The monoisotopic (exact) mass is 258 g/mol. The second-order valence-electron chi connectivity index (χ2n) is 5.07. The summed E-state index contributed by atoms with van der Waals surface area (Å²) in [5.41, 5.74) is 1.15. The minimum Gasteiger partial charge on any atom is -0.301 e. The van der Waals surface area contributed by atoms with E-state index in [0.29, 0.717) is 12.5 Å². The molecule has 0 aliphatic carbocycles. The third-order valence-electron chi connectivity index (χ3n) is 3.83. The molecule has 4 nitrogen and oxygen atoms in total. The molecule has 1 aromatic heterocycles. The second-order valence-corrected chi connectivity index (χ2v) is 5.07. The summed E-state index contributed by atoms with van der Waals surface area (Å²) in [5, 5.41) is 8.55. The van der Waals surface area contributed by atoms with Crippen LogP contribution in [-0.2, 0) is 0 Å². The molecular formula is C15H22N4. The highest BCUT2D eigenvalue weighted by Crippen LogP contribution is 2.19. The smallest absolute Gasteiger partial charge is 0.0622 e. The summed E-state index contributed by atoms with van der Waals surface area (Å²) in [6.45, 7) is 7.66. The van der Waals surface area contributed by atoms with Crippen molar-refractivity contribution in [3.05, 3.63) is 30.1 Å². The van der Waals surface area contributed by atoms with Crippen LogP contribution in [0.3, 0.4) is 0 Å². The third-order valence-corrected chi connectivity index (χ3v) is 3.83. The first-order valence-electron chi connectivity index (χ1n) is 7.05. The summed E-state index contributed by atoms with van der Waals surface area (Å²) in [6.07, 6.45) is 3.53. The molecule has 0 saturated carbocycles. The Bertz CT molecular complexity index is 404. The first-order valence-corrected chi connectivity index (χ1v) is 7.05. The summed E-state index contributed by atoms with van der Waals surface area (Å²) < 4.78 is 0. The van der Waals surface area contributed by atoms with Crippen LogP contribution < -0.4 is 0 Å². The molecule has 0 spiro atoms. The molecule has 0 radical (unpaired) electrons. The Balaban J connectivity index is 1.78. The lowest BCUT2D eigenvalue weighted by molar-refractivity contribution is 0.100. The molecule has 0 amide bonds. The predicted molar refractivity (Wildman–Crippen MR) is 75.5 cm³/mol. The fourth-order valence-electron chi connectivity index (χ4n) is 2.57. The Hall–Kier alpha value is -1.44. The van der Waals surface area contributed by atoms with Crippen molar-refractivity contribution in [1.29, 1.82) is 5.26 Å². The van der Waals surface area contributed by atoms with Crippen molar-refractivity contribution < 1.29 is 0 Å². The number of pyridine rings is 1. The Morgan fingerprint density at radius 2 is 2.11 bits per heavy atom. The fourth-order valence-corrected chi connectivity index (χ4v) is 2.57. The zero-order valence-electron chi connectivity index (χ0n) is 11.6. The fraction of sp³-hybridized carbons (Fsp3) is 0.600. The van der Waals surface area contributed by atoms with Gasteiger partial charge in [-0.1, -0.05) is 6.07 Å². The number of nitriles is 1. The van der Waals surface area contributed by atoms with E-state index in [1.54, 1.807) is 0 Å². The van der Waals surface area contributed by atoms with E-state index in [1.807, 2.05) is 12.3 Å². The van der Waals surface area contributed by atoms with Crippen molar-refractivity contribution in [3.8, 4) is 6.07 Å². The van der Waals surface area contributed by atoms with E-state index in [4.69, 9.17) is 5.26 Å². The topological polar surface area (TPSA) is 43.2 Å². The summed E-state index contributed by atoms with van der Waals surface area (Å²) in [4.78, 5) is 9.39. The molecular weight excluding hydrogens is 236 g/mol.